The van der Waals surface area contributed by atoms with Gasteiger partial charge in [0.2, 0.25) is 11.8 Å². The number of aryl methyl sites for hydroxylation is 1. The van der Waals surface area contributed by atoms with Crippen LogP contribution in [0.2, 0.25) is 0 Å². The average molecular weight is 889 g/mol. The fraction of sp³-hybridized carbons (Fsp3) is 0.429. The molecule has 0 spiro atoms. The molecule has 5 rings (SSSR count). The minimum absolute atomic E-state index is 0.0219. The number of nitrogens with one attached hydrogen (secondary N) is 4. The molecule has 4 unspecified atom stereocenters. The Bertz CT molecular complexity index is 2240. The van der Waals surface area contributed by atoms with Gasteiger partial charge < -0.3 is 25.1 Å². The van der Waals surface area contributed by atoms with Crippen molar-refractivity contribution in [3.63, 3.8) is 0 Å². The van der Waals surface area contributed by atoms with E-state index in [0.717, 1.165) is 40.6 Å². The minimum atomic E-state index is -3.73. The first-order chi connectivity index (χ1) is 29.8. The van der Waals surface area contributed by atoms with Crippen molar-refractivity contribution >= 4 is 50.9 Å². The number of amides is 3. The van der Waals surface area contributed by atoms with Crippen molar-refractivity contribution in [1.82, 2.24) is 20.3 Å². The third-order valence-corrected chi connectivity index (χ3v) is 10.6. The summed E-state index contributed by atoms with van der Waals surface area (Å²) in [6.45, 7) is 20.6. The normalized spacial score (nSPS) is 14.6. The van der Waals surface area contributed by atoms with Gasteiger partial charge in [0.1, 0.15) is 11.9 Å². The number of pyridine rings is 1. The molecule has 4 atom stereocenters. The second-order valence-corrected chi connectivity index (χ2v) is 17.2. The first-order valence-corrected chi connectivity index (χ1v) is 22.9. The van der Waals surface area contributed by atoms with Gasteiger partial charge in [-0.1, -0.05) is 108 Å². The van der Waals surface area contributed by atoms with Gasteiger partial charge in [-0.3, -0.25) is 19.2 Å². The van der Waals surface area contributed by atoms with E-state index in [1.165, 1.54) is 18.6 Å². The zero-order valence-corrected chi connectivity index (χ0v) is 39.4. The van der Waals surface area contributed by atoms with Gasteiger partial charge in [0.05, 0.1) is 10.9 Å². The quantitative estimate of drug-likeness (QED) is 0.0706. The lowest BCUT2D eigenvalue weighted by Gasteiger charge is -2.22. The molecule has 1 aliphatic rings. The zero-order valence-electron chi connectivity index (χ0n) is 38.6. The van der Waals surface area contributed by atoms with Gasteiger partial charge in [0.25, 0.3) is 10.0 Å². The first-order valence-electron chi connectivity index (χ1n) is 21.4. The Hall–Kier alpha value is -5.89. The Morgan fingerprint density at radius 1 is 0.952 bits per heavy atom. The molecule has 1 saturated carbocycles. The number of aromatic nitrogens is 1. The predicted molar refractivity (Wildman–Crippen MR) is 252 cm³/mol. The predicted octanol–water partition coefficient (Wildman–Crippen LogP) is 8.85. The van der Waals surface area contributed by atoms with Crippen LogP contribution in [0.4, 0.5) is 4.79 Å². The summed E-state index contributed by atoms with van der Waals surface area (Å²) in [5.41, 5.74) is 3.36. The highest BCUT2D eigenvalue weighted by atomic mass is 32.2. The van der Waals surface area contributed by atoms with Crippen LogP contribution in [0, 0.1) is 24.7 Å². The summed E-state index contributed by atoms with van der Waals surface area (Å²) < 4.78 is 30.7. The van der Waals surface area contributed by atoms with Crippen LogP contribution in [-0.4, -0.2) is 62.1 Å². The molecule has 3 aromatic carbocycles. The molecule has 1 aliphatic carbocycles. The third-order valence-electron chi connectivity index (χ3n) is 9.28. The summed E-state index contributed by atoms with van der Waals surface area (Å²) in [5, 5.41) is 5.75. The number of fused-ring (bicyclic) bond motifs is 1. The van der Waals surface area contributed by atoms with Gasteiger partial charge in [-0.25, -0.2) is 17.9 Å². The molecule has 344 valence electrons. The number of sulfonamides is 1. The van der Waals surface area contributed by atoms with Gasteiger partial charge >= 0.3 is 6.09 Å². The van der Waals surface area contributed by atoms with E-state index in [1.54, 1.807) is 65.1 Å². The van der Waals surface area contributed by atoms with Gasteiger partial charge in [-0.2, -0.15) is 0 Å². The van der Waals surface area contributed by atoms with Crippen LogP contribution in [-0.2, 0) is 33.9 Å². The fourth-order valence-corrected chi connectivity index (χ4v) is 6.78. The molecule has 1 heterocycles. The Balaban J connectivity index is 0.000000422. The molecule has 1 fully saturated rings. The zero-order chi connectivity index (χ0) is 47.8. The Kier molecular flexibility index (Phi) is 24.4. The van der Waals surface area contributed by atoms with E-state index in [-0.39, 0.29) is 52.6 Å². The molecule has 0 aliphatic heterocycles. The standard InChI is InChI=1S/C16H13NO.C12H13NO3S.C11H19NO4.C8H17NO.C2H6/c1-11-7-8-13-15(9-11)17-14(10-16(13)18)12-5-3-2-4-6-12;1-2-9-8-11(9)12(14)13-17(15,16)10-6-4-3-5-7-10;1-5-9(14)8(6-7-13)12-10(15)16-11(2,3)4;1-4-5-6-7(2)8(10)9-3;1-2/h2-10H,1H3,(H,17,18);2-7,9,11H,1,8H2,(H,13,14);7-8H,5-6H2,1-4H3,(H,12,15);7H,4-6H2,1-3H3,(H,9,10);1-2H3. The summed E-state index contributed by atoms with van der Waals surface area (Å²) in [4.78, 5) is 71.1. The minimum Gasteiger partial charge on any atom is -0.444 e. The summed E-state index contributed by atoms with van der Waals surface area (Å²) in [6, 6.07) is 24.4. The lowest BCUT2D eigenvalue weighted by atomic mass is 10.0. The average Bonchev–Trinajstić information content (AvgIpc) is 4.06. The molecule has 3 amide bonds. The second-order valence-electron chi connectivity index (χ2n) is 15.6. The topological polar surface area (TPSA) is 198 Å². The van der Waals surface area contributed by atoms with E-state index in [9.17, 15) is 37.2 Å². The number of carbonyl (C=O) groups excluding carboxylic acids is 5. The Morgan fingerprint density at radius 2 is 1.56 bits per heavy atom. The summed E-state index contributed by atoms with van der Waals surface area (Å²) in [7, 11) is -2.04. The van der Waals surface area contributed by atoms with Gasteiger partial charge in [0, 0.05) is 54.4 Å². The number of carbonyl (C=O) groups is 5. The summed E-state index contributed by atoms with van der Waals surface area (Å²) in [6.07, 6.45) is 5.86. The van der Waals surface area contributed by atoms with E-state index >= 15 is 0 Å². The van der Waals surface area contributed by atoms with E-state index in [4.69, 9.17) is 4.74 Å². The van der Waals surface area contributed by atoms with Crippen molar-refractivity contribution in [2.45, 2.75) is 117 Å². The number of rotatable bonds is 14. The van der Waals surface area contributed by atoms with Crippen LogP contribution in [0.25, 0.3) is 22.2 Å². The number of H-pyrrole nitrogens is 1. The molecule has 13 nitrogen and oxygen atoms in total. The Morgan fingerprint density at radius 3 is 2.06 bits per heavy atom. The van der Waals surface area contributed by atoms with E-state index < -0.39 is 33.7 Å². The number of hydrogen-bond donors (Lipinski definition) is 4. The largest absolute Gasteiger partial charge is 0.444 e. The second kappa shape index (κ2) is 27.9. The van der Waals surface area contributed by atoms with Crippen molar-refractivity contribution in [2.24, 2.45) is 17.8 Å². The highest BCUT2D eigenvalue weighted by molar-refractivity contribution is 7.90. The molecular weight excluding hydrogens is 821 g/mol. The highest BCUT2D eigenvalue weighted by Gasteiger charge is 2.42. The van der Waals surface area contributed by atoms with Crippen LogP contribution in [0.3, 0.4) is 0 Å². The van der Waals surface area contributed by atoms with Gasteiger partial charge in [-0.15, -0.1) is 6.58 Å². The maximum Gasteiger partial charge on any atom is 0.408 e. The number of ether oxygens (including phenoxy) is 1. The number of hydrogen-bond acceptors (Lipinski definition) is 9. The molecule has 0 bridgehead atoms. The van der Waals surface area contributed by atoms with E-state index in [0.29, 0.717) is 12.7 Å². The molecule has 14 heteroatoms. The van der Waals surface area contributed by atoms with Crippen molar-refractivity contribution in [1.29, 1.82) is 0 Å². The van der Waals surface area contributed by atoms with Crippen molar-refractivity contribution < 1.29 is 37.1 Å². The number of alkyl carbamates (subject to hydrolysis) is 1. The van der Waals surface area contributed by atoms with Gasteiger partial charge in [0.15, 0.2) is 11.2 Å². The van der Waals surface area contributed by atoms with Crippen molar-refractivity contribution in [3.05, 3.63) is 113 Å². The van der Waals surface area contributed by atoms with Gasteiger partial charge in [-0.05, 0) is 81.8 Å². The molecule has 63 heavy (non-hydrogen) atoms. The number of Topliss-reactive ketones (excluding diaryl/α,β-unsaturated/α-hetero) is 1. The SMILES string of the molecule is C=CC1CC1C(=O)NS(=O)(=O)c1ccccc1.CC.CCC(=O)C(CC=O)NC(=O)OC(C)(C)C.CCCCC(C)C(=O)NC.Cc1ccc2c(=O)cc(-c3ccccc3)[nH]c2c1. The highest BCUT2D eigenvalue weighted by Crippen LogP contribution is 2.39. The molecule has 0 saturated heterocycles. The lowest BCUT2D eigenvalue weighted by Crippen LogP contribution is -2.43. The van der Waals surface area contributed by atoms with Crippen LogP contribution in [0.5, 0.6) is 0 Å². The van der Waals surface area contributed by atoms with Crippen molar-refractivity contribution in [3.8, 4) is 11.3 Å². The van der Waals surface area contributed by atoms with Crippen LogP contribution < -0.4 is 20.8 Å². The first kappa shape index (κ1) is 55.1. The van der Waals surface area contributed by atoms with Crippen LogP contribution in [0.1, 0.15) is 99.5 Å². The van der Waals surface area contributed by atoms with E-state index in [2.05, 4.69) is 33.8 Å². The maximum absolute atomic E-state index is 12.1. The summed E-state index contributed by atoms with van der Waals surface area (Å²) in [5.74, 6) is -0.415. The molecular formula is C49H68N4O9S. The van der Waals surface area contributed by atoms with Crippen molar-refractivity contribution in [2.75, 3.05) is 7.05 Å². The van der Waals surface area contributed by atoms with Crippen LogP contribution >= 0.6 is 0 Å². The number of ketones is 1. The number of benzene rings is 3. The number of aldehydes is 1. The number of unbranched alkanes of at least 4 members (excludes halogenated alkanes) is 1. The summed E-state index contributed by atoms with van der Waals surface area (Å²) >= 11 is 0. The maximum atomic E-state index is 12.1. The number of allylic oxidation sites excluding steroid dienone is 1. The molecule has 0 radical (unpaired) electrons. The lowest BCUT2D eigenvalue weighted by molar-refractivity contribution is -0.124. The smallest absolute Gasteiger partial charge is 0.408 e. The Labute approximate surface area is 373 Å². The third kappa shape index (κ3) is 20.2. The van der Waals surface area contributed by atoms with E-state index in [1.807, 2.05) is 76.2 Å². The molecule has 1 aromatic heterocycles. The van der Waals surface area contributed by atoms with Crippen LogP contribution in [0.15, 0.2) is 107 Å². The number of aromatic amines is 1. The fourth-order valence-electron chi connectivity index (χ4n) is 5.73. The molecule has 4 N–H and O–H groups in total. The molecule has 4 aromatic rings. The monoisotopic (exact) mass is 888 g/mol.